The van der Waals surface area contributed by atoms with E-state index < -0.39 is 0 Å². The highest BCUT2D eigenvalue weighted by Crippen LogP contribution is 2.26. The van der Waals surface area contributed by atoms with E-state index in [9.17, 15) is 0 Å². The molecule has 3 heteroatoms. The molecule has 2 aromatic heterocycles. The molecule has 2 aromatic rings. The van der Waals surface area contributed by atoms with Gasteiger partial charge in [-0.2, -0.15) is 0 Å². The van der Waals surface area contributed by atoms with Crippen LogP contribution in [0.1, 0.15) is 24.5 Å². The van der Waals surface area contributed by atoms with E-state index in [-0.39, 0.29) is 0 Å². The summed E-state index contributed by atoms with van der Waals surface area (Å²) in [5.74, 6) is 0.598. The SMILES string of the molecule is c1cc2cnc(C3CCNCC3)cc2o1. The molecule has 0 spiro atoms. The fourth-order valence-corrected chi connectivity index (χ4v) is 2.21. The summed E-state index contributed by atoms with van der Waals surface area (Å²) >= 11 is 0. The summed E-state index contributed by atoms with van der Waals surface area (Å²) in [6, 6.07) is 4.04. The molecule has 0 radical (unpaired) electrons. The molecule has 3 rings (SSSR count). The summed E-state index contributed by atoms with van der Waals surface area (Å²) in [6.07, 6.45) is 5.99. The van der Waals surface area contributed by atoms with E-state index in [4.69, 9.17) is 4.42 Å². The first-order valence-electron chi connectivity index (χ1n) is 5.47. The molecule has 3 heterocycles. The maximum Gasteiger partial charge on any atom is 0.137 e. The quantitative estimate of drug-likeness (QED) is 0.771. The third-order valence-corrected chi connectivity index (χ3v) is 3.12. The minimum atomic E-state index is 0.598. The van der Waals surface area contributed by atoms with Crippen LogP contribution in [0.4, 0.5) is 0 Å². The van der Waals surface area contributed by atoms with Gasteiger partial charge in [-0.05, 0) is 32.0 Å². The van der Waals surface area contributed by atoms with Crippen LogP contribution >= 0.6 is 0 Å². The van der Waals surface area contributed by atoms with Crippen molar-refractivity contribution in [3.05, 3.63) is 30.3 Å². The van der Waals surface area contributed by atoms with Crippen LogP contribution < -0.4 is 5.32 Å². The predicted molar refractivity (Wildman–Crippen MR) is 58.9 cm³/mol. The highest BCUT2D eigenvalue weighted by molar-refractivity contribution is 5.76. The zero-order valence-electron chi connectivity index (χ0n) is 8.57. The molecular weight excluding hydrogens is 188 g/mol. The van der Waals surface area contributed by atoms with Crippen molar-refractivity contribution < 1.29 is 4.42 Å². The standard InChI is InChI=1S/C12H14N2O/c1-4-13-5-2-9(1)11-7-12-10(8-14-11)3-6-15-12/h3,6-9,13H,1-2,4-5H2. The second kappa shape index (κ2) is 3.66. The van der Waals surface area contributed by atoms with Gasteiger partial charge in [-0.3, -0.25) is 4.98 Å². The second-order valence-electron chi connectivity index (χ2n) is 4.09. The summed E-state index contributed by atoms with van der Waals surface area (Å²) in [7, 11) is 0. The fraction of sp³-hybridized carbons (Fsp3) is 0.417. The molecule has 1 aliphatic rings. The minimum Gasteiger partial charge on any atom is -0.464 e. The first-order chi connectivity index (χ1) is 7.43. The van der Waals surface area contributed by atoms with Crippen molar-refractivity contribution in [3.8, 4) is 0 Å². The van der Waals surface area contributed by atoms with E-state index in [1.165, 1.54) is 18.5 Å². The van der Waals surface area contributed by atoms with Crippen molar-refractivity contribution in [2.24, 2.45) is 0 Å². The number of nitrogens with zero attached hydrogens (tertiary/aromatic N) is 1. The molecule has 0 amide bonds. The number of piperidine rings is 1. The van der Waals surface area contributed by atoms with Gasteiger partial charge in [-0.25, -0.2) is 0 Å². The van der Waals surface area contributed by atoms with Crippen molar-refractivity contribution >= 4 is 11.0 Å². The van der Waals surface area contributed by atoms with Gasteiger partial charge in [-0.15, -0.1) is 0 Å². The lowest BCUT2D eigenvalue weighted by molar-refractivity contribution is 0.453. The van der Waals surface area contributed by atoms with Gasteiger partial charge >= 0.3 is 0 Å². The molecule has 15 heavy (non-hydrogen) atoms. The summed E-state index contributed by atoms with van der Waals surface area (Å²) in [5.41, 5.74) is 2.14. The average molecular weight is 202 g/mol. The number of furan rings is 1. The van der Waals surface area contributed by atoms with E-state index >= 15 is 0 Å². The highest BCUT2D eigenvalue weighted by Gasteiger charge is 2.16. The monoisotopic (exact) mass is 202 g/mol. The number of nitrogens with one attached hydrogen (secondary N) is 1. The van der Waals surface area contributed by atoms with Gasteiger partial charge in [0.15, 0.2) is 0 Å². The van der Waals surface area contributed by atoms with E-state index in [2.05, 4.69) is 16.4 Å². The maximum atomic E-state index is 5.39. The van der Waals surface area contributed by atoms with Gasteiger partial charge in [0.2, 0.25) is 0 Å². The van der Waals surface area contributed by atoms with Crippen LogP contribution in [0.5, 0.6) is 0 Å². The Morgan fingerprint density at radius 3 is 3.07 bits per heavy atom. The molecule has 0 aromatic carbocycles. The van der Waals surface area contributed by atoms with Crippen molar-refractivity contribution in [2.45, 2.75) is 18.8 Å². The topological polar surface area (TPSA) is 38.1 Å². The van der Waals surface area contributed by atoms with Crippen LogP contribution in [0, 0.1) is 0 Å². The lowest BCUT2D eigenvalue weighted by Crippen LogP contribution is -2.26. The normalized spacial score (nSPS) is 18.4. The number of rotatable bonds is 1. The molecule has 1 aliphatic heterocycles. The summed E-state index contributed by atoms with van der Waals surface area (Å²) in [6.45, 7) is 2.20. The molecule has 0 unspecified atom stereocenters. The number of pyridine rings is 1. The first-order valence-corrected chi connectivity index (χ1v) is 5.47. The smallest absolute Gasteiger partial charge is 0.137 e. The molecule has 0 aliphatic carbocycles. The van der Waals surface area contributed by atoms with Gasteiger partial charge in [0.1, 0.15) is 5.58 Å². The summed E-state index contributed by atoms with van der Waals surface area (Å²) < 4.78 is 5.39. The molecule has 1 fully saturated rings. The maximum absolute atomic E-state index is 5.39. The third kappa shape index (κ3) is 1.63. The number of hydrogen-bond acceptors (Lipinski definition) is 3. The van der Waals surface area contributed by atoms with Crippen LogP contribution in [0.25, 0.3) is 11.0 Å². The van der Waals surface area contributed by atoms with Gasteiger partial charge < -0.3 is 9.73 Å². The van der Waals surface area contributed by atoms with Crippen molar-refractivity contribution in [2.75, 3.05) is 13.1 Å². The Kier molecular flexibility index (Phi) is 2.18. The molecular formula is C12H14N2O. The van der Waals surface area contributed by atoms with Crippen LogP contribution in [0.15, 0.2) is 29.0 Å². The highest BCUT2D eigenvalue weighted by atomic mass is 16.3. The van der Waals surface area contributed by atoms with Crippen LogP contribution in [-0.4, -0.2) is 18.1 Å². The number of hydrogen-bond donors (Lipinski definition) is 1. The van der Waals surface area contributed by atoms with E-state index in [1.807, 2.05) is 12.3 Å². The molecule has 0 atom stereocenters. The predicted octanol–water partition coefficient (Wildman–Crippen LogP) is 2.29. The zero-order valence-corrected chi connectivity index (χ0v) is 8.57. The van der Waals surface area contributed by atoms with Crippen molar-refractivity contribution in [1.29, 1.82) is 0 Å². The molecule has 1 N–H and O–H groups in total. The Morgan fingerprint density at radius 2 is 2.20 bits per heavy atom. The lowest BCUT2D eigenvalue weighted by Gasteiger charge is -2.21. The minimum absolute atomic E-state index is 0.598. The Hall–Kier alpha value is -1.35. The fourth-order valence-electron chi connectivity index (χ4n) is 2.21. The van der Waals surface area contributed by atoms with Crippen LogP contribution in [0.3, 0.4) is 0 Å². The van der Waals surface area contributed by atoms with Gasteiger partial charge in [-0.1, -0.05) is 0 Å². The first kappa shape index (κ1) is 8.92. The third-order valence-electron chi connectivity index (χ3n) is 3.12. The van der Waals surface area contributed by atoms with Crippen LogP contribution in [-0.2, 0) is 0 Å². The van der Waals surface area contributed by atoms with Gasteiger partial charge in [0.25, 0.3) is 0 Å². The largest absolute Gasteiger partial charge is 0.464 e. The number of aromatic nitrogens is 1. The van der Waals surface area contributed by atoms with Crippen LogP contribution in [0.2, 0.25) is 0 Å². The zero-order chi connectivity index (χ0) is 10.1. The summed E-state index contributed by atoms with van der Waals surface area (Å²) in [4.78, 5) is 4.51. The molecule has 3 nitrogen and oxygen atoms in total. The van der Waals surface area contributed by atoms with Crippen molar-refractivity contribution in [3.63, 3.8) is 0 Å². The lowest BCUT2D eigenvalue weighted by atomic mass is 9.94. The molecule has 0 bridgehead atoms. The molecule has 0 saturated carbocycles. The number of fused-ring (bicyclic) bond motifs is 1. The van der Waals surface area contributed by atoms with Crippen molar-refractivity contribution in [1.82, 2.24) is 10.3 Å². The second-order valence-corrected chi connectivity index (χ2v) is 4.09. The van der Waals surface area contributed by atoms with E-state index in [1.54, 1.807) is 6.26 Å². The Morgan fingerprint density at radius 1 is 1.33 bits per heavy atom. The molecule has 1 saturated heterocycles. The Labute approximate surface area is 88.5 Å². The van der Waals surface area contributed by atoms with E-state index in [0.717, 1.165) is 24.1 Å². The molecule has 78 valence electrons. The average Bonchev–Trinajstić information content (AvgIpc) is 2.77. The van der Waals surface area contributed by atoms with E-state index in [0.29, 0.717) is 5.92 Å². The van der Waals surface area contributed by atoms with Gasteiger partial charge in [0.05, 0.1) is 6.26 Å². The Balaban J connectivity index is 1.95. The summed E-state index contributed by atoms with van der Waals surface area (Å²) in [5, 5.41) is 4.46. The van der Waals surface area contributed by atoms with Gasteiger partial charge in [0, 0.05) is 29.3 Å². The Bertz CT molecular complexity index is 457.